The summed E-state index contributed by atoms with van der Waals surface area (Å²) < 4.78 is 15.4. The predicted molar refractivity (Wildman–Crippen MR) is 89.4 cm³/mol. The quantitative estimate of drug-likeness (QED) is 0.721. The highest BCUT2D eigenvalue weighted by Crippen LogP contribution is 2.40. The fourth-order valence-electron chi connectivity index (χ4n) is 2.57. The van der Waals surface area contributed by atoms with Crippen molar-refractivity contribution < 1.29 is 29.5 Å². The molecule has 6 heteroatoms. The molecule has 0 aromatic heterocycles. The molecule has 2 aromatic rings. The van der Waals surface area contributed by atoms with Crippen LogP contribution in [0.5, 0.6) is 28.7 Å². The van der Waals surface area contributed by atoms with Crippen molar-refractivity contribution in [1.29, 1.82) is 0 Å². The van der Waals surface area contributed by atoms with Gasteiger partial charge in [0.25, 0.3) is 0 Å². The molecule has 0 aliphatic rings. The molecule has 0 fully saturated rings. The third kappa shape index (κ3) is 3.65. The fraction of sp³-hybridized carbons (Fsp3) is 0.333. The van der Waals surface area contributed by atoms with Crippen molar-refractivity contribution in [2.75, 3.05) is 27.9 Å². The van der Waals surface area contributed by atoms with E-state index in [0.29, 0.717) is 12.2 Å². The molecule has 6 nitrogen and oxygen atoms in total. The van der Waals surface area contributed by atoms with E-state index >= 15 is 0 Å². The molecule has 0 saturated heterocycles. The highest BCUT2D eigenvalue weighted by atomic mass is 16.5. The number of phenolic OH excluding ortho intramolecular Hbond substituents is 2. The number of aromatic hydroxyl groups is 2. The Balaban J connectivity index is 2.35. The molecule has 0 spiro atoms. The van der Waals surface area contributed by atoms with Gasteiger partial charge in [-0.05, 0) is 41.8 Å². The number of rotatable bonds is 7. The van der Waals surface area contributed by atoms with Crippen molar-refractivity contribution in [3.63, 3.8) is 0 Å². The Kier molecular flexibility index (Phi) is 5.76. The molecule has 0 radical (unpaired) electrons. The summed E-state index contributed by atoms with van der Waals surface area (Å²) in [4.78, 5) is 0. The van der Waals surface area contributed by atoms with E-state index in [2.05, 4.69) is 0 Å². The summed E-state index contributed by atoms with van der Waals surface area (Å²) in [7, 11) is 4.40. The molecule has 0 aliphatic carbocycles. The second-order valence-corrected chi connectivity index (χ2v) is 5.36. The lowest BCUT2D eigenvalue weighted by atomic mass is 9.92. The van der Waals surface area contributed by atoms with Crippen molar-refractivity contribution in [2.45, 2.75) is 12.3 Å². The van der Waals surface area contributed by atoms with Gasteiger partial charge in [0.05, 0.1) is 27.9 Å². The van der Waals surface area contributed by atoms with E-state index in [4.69, 9.17) is 14.2 Å². The topological polar surface area (TPSA) is 88.4 Å². The van der Waals surface area contributed by atoms with E-state index in [1.165, 1.54) is 21.3 Å². The zero-order chi connectivity index (χ0) is 17.7. The molecule has 2 aromatic carbocycles. The number of hydrogen-bond donors (Lipinski definition) is 3. The standard InChI is InChI=1S/C18H22O6/c1-22-15-7-11(4-5-14(15)20)6-13(10-19)12-8-16(23-2)18(21)17(9-12)24-3/h4-5,7-9,13,19-21H,6,10H2,1-3H3/t13-/m1/s1. The third-order valence-electron chi connectivity index (χ3n) is 3.92. The Morgan fingerprint density at radius 1 is 0.875 bits per heavy atom. The van der Waals surface area contributed by atoms with Crippen LogP contribution in [-0.4, -0.2) is 43.3 Å². The first-order chi connectivity index (χ1) is 11.5. The number of ether oxygens (including phenoxy) is 3. The molecule has 0 bridgehead atoms. The molecular weight excluding hydrogens is 312 g/mol. The molecule has 24 heavy (non-hydrogen) atoms. The minimum Gasteiger partial charge on any atom is -0.504 e. The van der Waals surface area contributed by atoms with Crippen LogP contribution in [0.4, 0.5) is 0 Å². The lowest BCUT2D eigenvalue weighted by Crippen LogP contribution is -2.08. The van der Waals surface area contributed by atoms with Gasteiger partial charge in [-0.3, -0.25) is 0 Å². The molecule has 3 N–H and O–H groups in total. The van der Waals surface area contributed by atoms with Crippen LogP contribution < -0.4 is 14.2 Å². The normalized spacial score (nSPS) is 11.8. The Hall–Kier alpha value is -2.60. The zero-order valence-electron chi connectivity index (χ0n) is 13.9. The first kappa shape index (κ1) is 17.7. The Morgan fingerprint density at radius 3 is 1.96 bits per heavy atom. The van der Waals surface area contributed by atoms with Crippen molar-refractivity contribution in [3.05, 3.63) is 41.5 Å². The van der Waals surface area contributed by atoms with Crippen molar-refractivity contribution in [3.8, 4) is 28.7 Å². The maximum absolute atomic E-state index is 10.00. The summed E-state index contributed by atoms with van der Waals surface area (Å²) in [5.74, 6) is 0.700. The Labute approximate surface area is 140 Å². The van der Waals surface area contributed by atoms with E-state index in [1.807, 2.05) is 0 Å². The van der Waals surface area contributed by atoms with Gasteiger partial charge in [0.1, 0.15) is 0 Å². The van der Waals surface area contributed by atoms with Crippen LogP contribution in [0.15, 0.2) is 30.3 Å². The summed E-state index contributed by atoms with van der Waals surface area (Å²) in [5.41, 5.74) is 1.67. The maximum Gasteiger partial charge on any atom is 0.200 e. The van der Waals surface area contributed by atoms with Crippen LogP contribution in [0, 0.1) is 0 Å². The van der Waals surface area contributed by atoms with Crippen LogP contribution in [0.3, 0.4) is 0 Å². The van der Waals surface area contributed by atoms with Gasteiger partial charge < -0.3 is 29.5 Å². The van der Waals surface area contributed by atoms with Gasteiger partial charge in [0.15, 0.2) is 23.0 Å². The van der Waals surface area contributed by atoms with Crippen LogP contribution in [-0.2, 0) is 6.42 Å². The minimum atomic E-state index is -0.234. The van der Waals surface area contributed by atoms with E-state index in [1.54, 1.807) is 30.3 Å². The first-order valence-corrected chi connectivity index (χ1v) is 7.45. The van der Waals surface area contributed by atoms with Gasteiger partial charge in [0.2, 0.25) is 5.75 Å². The lowest BCUT2D eigenvalue weighted by Gasteiger charge is -2.18. The maximum atomic E-state index is 10.00. The van der Waals surface area contributed by atoms with Crippen LogP contribution in [0.25, 0.3) is 0 Å². The SMILES string of the molecule is COc1cc(C[C@H](CO)c2cc(OC)c(O)c(OC)c2)ccc1O. The molecule has 0 unspecified atom stereocenters. The summed E-state index contributed by atoms with van der Waals surface area (Å²) in [6, 6.07) is 8.41. The average Bonchev–Trinajstić information content (AvgIpc) is 2.61. The van der Waals surface area contributed by atoms with E-state index < -0.39 is 0 Å². The highest BCUT2D eigenvalue weighted by molar-refractivity contribution is 5.53. The molecule has 0 amide bonds. The van der Waals surface area contributed by atoms with E-state index in [9.17, 15) is 15.3 Å². The predicted octanol–water partition coefficient (Wildman–Crippen LogP) is 2.44. The van der Waals surface area contributed by atoms with Gasteiger partial charge in [-0.1, -0.05) is 6.07 Å². The van der Waals surface area contributed by atoms with Gasteiger partial charge in [0, 0.05) is 5.92 Å². The number of hydrogen-bond acceptors (Lipinski definition) is 6. The van der Waals surface area contributed by atoms with Crippen LogP contribution in [0.2, 0.25) is 0 Å². The second-order valence-electron chi connectivity index (χ2n) is 5.36. The number of aliphatic hydroxyl groups is 1. The number of aliphatic hydroxyl groups excluding tert-OH is 1. The minimum absolute atomic E-state index is 0.0646. The molecule has 130 valence electrons. The Bertz CT molecular complexity index is 673. The summed E-state index contributed by atoms with van der Waals surface area (Å²) >= 11 is 0. The molecule has 0 saturated carbocycles. The van der Waals surface area contributed by atoms with Crippen LogP contribution in [0.1, 0.15) is 17.0 Å². The highest BCUT2D eigenvalue weighted by Gasteiger charge is 2.18. The Morgan fingerprint density at radius 2 is 1.46 bits per heavy atom. The number of benzene rings is 2. The summed E-state index contributed by atoms with van der Waals surface area (Å²) in [5, 5.41) is 29.5. The average molecular weight is 334 g/mol. The molecule has 0 heterocycles. The lowest BCUT2D eigenvalue weighted by molar-refractivity contribution is 0.263. The van der Waals surface area contributed by atoms with Crippen molar-refractivity contribution >= 4 is 0 Å². The van der Waals surface area contributed by atoms with Crippen molar-refractivity contribution in [2.24, 2.45) is 0 Å². The second kappa shape index (κ2) is 7.79. The molecule has 0 aliphatic heterocycles. The van der Waals surface area contributed by atoms with Crippen LogP contribution >= 0.6 is 0 Å². The monoisotopic (exact) mass is 334 g/mol. The molecule has 2 rings (SSSR count). The molecular formula is C18H22O6. The number of phenols is 2. The zero-order valence-corrected chi connectivity index (χ0v) is 13.9. The largest absolute Gasteiger partial charge is 0.504 e. The third-order valence-corrected chi connectivity index (χ3v) is 3.92. The summed E-state index contributed by atoms with van der Waals surface area (Å²) in [6.45, 7) is -0.0969. The van der Waals surface area contributed by atoms with Gasteiger partial charge in [-0.25, -0.2) is 0 Å². The first-order valence-electron chi connectivity index (χ1n) is 7.45. The summed E-state index contributed by atoms with van der Waals surface area (Å²) in [6.07, 6.45) is 0.518. The van der Waals surface area contributed by atoms with Crippen molar-refractivity contribution in [1.82, 2.24) is 0 Å². The smallest absolute Gasteiger partial charge is 0.200 e. The fourth-order valence-corrected chi connectivity index (χ4v) is 2.57. The van der Waals surface area contributed by atoms with E-state index in [0.717, 1.165) is 11.1 Å². The molecule has 1 atom stereocenters. The van der Waals surface area contributed by atoms with Gasteiger partial charge in [-0.15, -0.1) is 0 Å². The van der Waals surface area contributed by atoms with E-state index in [-0.39, 0.29) is 35.5 Å². The van der Waals surface area contributed by atoms with Gasteiger partial charge >= 0.3 is 0 Å². The number of methoxy groups -OCH3 is 3. The van der Waals surface area contributed by atoms with Gasteiger partial charge in [-0.2, -0.15) is 0 Å².